The van der Waals surface area contributed by atoms with Crippen LogP contribution in [-0.2, 0) is 0 Å². The van der Waals surface area contributed by atoms with E-state index >= 15 is 0 Å². The quantitative estimate of drug-likeness (QED) is 0.620. The molecule has 0 amide bonds. The van der Waals surface area contributed by atoms with Crippen molar-refractivity contribution in [2.24, 2.45) is 0 Å². The Labute approximate surface area is 85.6 Å². The molecule has 2 aromatic carbocycles. The molecule has 0 heteroatoms. The minimum Gasteiger partial charge on any atom is -0.0616 e. The first-order valence-corrected chi connectivity index (χ1v) is 5.18. The first-order chi connectivity index (χ1) is 6.70. The van der Waals surface area contributed by atoms with Crippen molar-refractivity contribution >= 4 is 10.8 Å². The molecule has 0 unspecified atom stereocenters. The summed E-state index contributed by atoms with van der Waals surface area (Å²) in [6, 6.07) is 13.1. The van der Waals surface area contributed by atoms with Crippen LogP contribution in [0.2, 0.25) is 0 Å². The molecule has 2 aromatic rings. The van der Waals surface area contributed by atoms with E-state index in [-0.39, 0.29) is 0 Å². The normalized spacial score (nSPS) is 11.1. The zero-order valence-electron chi connectivity index (χ0n) is 9.04. The van der Waals surface area contributed by atoms with Crippen LogP contribution in [0, 0.1) is 6.92 Å². The molecule has 0 saturated heterocycles. The van der Waals surface area contributed by atoms with Crippen LogP contribution in [0.1, 0.15) is 30.9 Å². The molecule has 0 aliphatic heterocycles. The van der Waals surface area contributed by atoms with Gasteiger partial charge in [-0.15, -0.1) is 0 Å². The Balaban J connectivity index is 2.82. The van der Waals surface area contributed by atoms with Crippen molar-refractivity contribution in [3.05, 3.63) is 47.5 Å². The van der Waals surface area contributed by atoms with E-state index in [2.05, 4.69) is 57.2 Å². The molecule has 0 aliphatic rings. The van der Waals surface area contributed by atoms with Crippen LogP contribution in [0.3, 0.4) is 0 Å². The Morgan fingerprint density at radius 3 is 2.14 bits per heavy atom. The molecule has 0 bridgehead atoms. The van der Waals surface area contributed by atoms with E-state index in [0.29, 0.717) is 5.92 Å². The summed E-state index contributed by atoms with van der Waals surface area (Å²) in [5.74, 6) is 0.598. The summed E-state index contributed by atoms with van der Waals surface area (Å²) in [4.78, 5) is 0. The van der Waals surface area contributed by atoms with Crippen LogP contribution in [-0.4, -0.2) is 0 Å². The summed E-state index contributed by atoms with van der Waals surface area (Å²) in [6.07, 6.45) is 0. The Morgan fingerprint density at radius 1 is 0.857 bits per heavy atom. The second-order valence-electron chi connectivity index (χ2n) is 4.17. The smallest absolute Gasteiger partial charge is 0.0147 e. The van der Waals surface area contributed by atoms with Crippen molar-refractivity contribution in [2.75, 3.05) is 0 Å². The molecular weight excluding hydrogens is 168 g/mol. The van der Waals surface area contributed by atoms with Gasteiger partial charge in [0.05, 0.1) is 0 Å². The molecule has 0 spiro atoms. The second kappa shape index (κ2) is 3.45. The highest BCUT2D eigenvalue weighted by Crippen LogP contribution is 2.27. The Kier molecular flexibility index (Phi) is 2.28. The van der Waals surface area contributed by atoms with E-state index in [9.17, 15) is 0 Å². The predicted molar refractivity (Wildman–Crippen MR) is 62.8 cm³/mol. The lowest BCUT2D eigenvalue weighted by molar-refractivity contribution is 0.876. The SMILES string of the molecule is Cc1ccc(C(C)C)c2ccccc12. The van der Waals surface area contributed by atoms with Gasteiger partial charge in [0.25, 0.3) is 0 Å². The molecule has 0 aliphatic carbocycles. The number of hydrogen-bond donors (Lipinski definition) is 0. The highest BCUT2D eigenvalue weighted by atomic mass is 14.1. The van der Waals surface area contributed by atoms with Crippen molar-refractivity contribution in [1.82, 2.24) is 0 Å². The molecule has 0 saturated carbocycles. The lowest BCUT2D eigenvalue weighted by atomic mass is 9.94. The summed E-state index contributed by atoms with van der Waals surface area (Å²) in [5, 5.41) is 2.79. The van der Waals surface area contributed by atoms with Gasteiger partial charge in [0, 0.05) is 0 Å². The molecule has 14 heavy (non-hydrogen) atoms. The maximum Gasteiger partial charge on any atom is -0.0147 e. The molecule has 0 nitrogen and oxygen atoms in total. The van der Waals surface area contributed by atoms with Crippen molar-refractivity contribution in [2.45, 2.75) is 26.7 Å². The minimum atomic E-state index is 0.598. The highest BCUT2D eigenvalue weighted by Gasteiger charge is 2.05. The van der Waals surface area contributed by atoms with Gasteiger partial charge in [0.1, 0.15) is 0 Å². The highest BCUT2D eigenvalue weighted by molar-refractivity contribution is 5.88. The molecule has 72 valence electrons. The van der Waals surface area contributed by atoms with Crippen LogP contribution >= 0.6 is 0 Å². The fourth-order valence-corrected chi connectivity index (χ4v) is 1.98. The standard InChI is InChI=1S/C14H16/c1-10(2)12-9-8-11(3)13-6-4-5-7-14(12)13/h4-10H,1-3H3. The zero-order valence-corrected chi connectivity index (χ0v) is 9.04. The van der Waals surface area contributed by atoms with Gasteiger partial charge in [-0.25, -0.2) is 0 Å². The van der Waals surface area contributed by atoms with Gasteiger partial charge in [-0.2, -0.15) is 0 Å². The topological polar surface area (TPSA) is 0 Å². The number of aryl methyl sites for hydroxylation is 1. The van der Waals surface area contributed by atoms with Crippen LogP contribution < -0.4 is 0 Å². The van der Waals surface area contributed by atoms with Gasteiger partial charge in [-0.3, -0.25) is 0 Å². The van der Waals surface area contributed by atoms with E-state index in [1.807, 2.05) is 0 Å². The van der Waals surface area contributed by atoms with E-state index in [4.69, 9.17) is 0 Å². The molecule has 0 N–H and O–H groups in total. The van der Waals surface area contributed by atoms with Gasteiger partial charge in [-0.05, 0) is 34.7 Å². The summed E-state index contributed by atoms with van der Waals surface area (Å²) < 4.78 is 0. The Hall–Kier alpha value is -1.30. The number of benzene rings is 2. The summed E-state index contributed by atoms with van der Waals surface area (Å²) in [6.45, 7) is 6.67. The number of fused-ring (bicyclic) bond motifs is 1. The average Bonchev–Trinajstić information content (AvgIpc) is 2.18. The predicted octanol–water partition coefficient (Wildman–Crippen LogP) is 4.27. The summed E-state index contributed by atoms with van der Waals surface area (Å²) >= 11 is 0. The third-order valence-electron chi connectivity index (χ3n) is 2.80. The zero-order chi connectivity index (χ0) is 10.1. The third kappa shape index (κ3) is 1.41. The van der Waals surface area contributed by atoms with Crippen molar-refractivity contribution < 1.29 is 0 Å². The average molecular weight is 184 g/mol. The Bertz CT molecular complexity index is 453. The summed E-state index contributed by atoms with van der Waals surface area (Å²) in [7, 11) is 0. The molecular formula is C14H16. The number of rotatable bonds is 1. The maximum atomic E-state index is 2.25. The van der Waals surface area contributed by atoms with Gasteiger partial charge in [-0.1, -0.05) is 50.2 Å². The van der Waals surface area contributed by atoms with Crippen molar-refractivity contribution in [1.29, 1.82) is 0 Å². The van der Waals surface area contributed by atoms with Crippen LogP contribution in [0.4, 0.5) is 0 Å². The third-order valence-corrected chi connectivity index (χ3v) is 2.80. The van der Waals surface area contributed by atoms with Gasteiger partial charge in [0.2, 0.25) is 0 Å². The largest absolute Gasteiger partial charge is 0.0616 e. The second-order valence-corrected chi connectivity index (χ2v) is 4.17. The minimum absolute atomic E-state index is 0.598. The number of hydrogen-bond acceptors (Lipinski definition) is 0. The van der Waals surface area contributed by atoms with E-state index < -0.39 is 0 Å². The Morgan fingerprint density at radius 2 is 1.50 bits per heavy atom. The monoisotopic (exact) mass is 184 g/mol. The fraction of sp³-hybridized carbons (Fsp3) is 0.286. The van der Waals surface area contributed by atoms with E-state index in [1.165, 1.54) is 21.9 Å². The molecule has 0 heterocycles. The lowest BCUT2D eigenvalue weighted by Gasteiger charge is -2.11. The van der Waals surface area contributed by atoms with Crippen LogP contribution in [0.15, 0.2) is 36.4 Å². The molecule has 0 aromatic heterocycles. The van der Waals surface area contributed by atoms with E-state index in [0.717, 1.165) is 0 Å². The van der Waals surface area contributed by atoms with Crippen LogP contribution in [0.25, 0.3) is 10.8 Å². The van der Waals surface area contributed by atoms with Gasteiger partial charge < -0.3 is 0 Å². The first-order valence-electron chi connectivity index (χ1n) is 5.18. The molecule has 0 fully saturated rings. The van der Waals surface area contributed by atoms with Crippen LogP contribution in [0.5, 0.6) is 0 Å². The van der Waals surface area contributed by atoms with Crippen molar-refractivity contribution in [3.63, 3.8) is 0 Å². The first kappa shape index (κ1) is 9.26. The summed E-state index contributed by atoms with van der Waals surface area (Å²) in [5.41, 5.74) is 2.82. The van der Waals surface area contributed by atoms with Gasteiger partial charge >= 0.3 is 0 Å². The van der Waals surface area contributed by atoms with Crippen molar-refractivity contribution in [3.8, 4) is 0 Å². The molecule has 0 atom stereocenters. The molecule has 0 radical (unpaired) electrons. The molecule has 2 rings (SSSR count). The maximum absolute atomic E-state index is 2.25. The lowest BCUT2D eigenvalue weighted by Crippen LogP contribution is -1.90. The van der Waals surface area contributed by atoms with Gasteiger partial charge in [0.15, 0.2) is 0 Å². The van der Waals surface area contributed by atoms with E-state index in [1.54, 1.807) is 0 Å². The fourth-order valence-electron chi connectivity index (χ4n) is 1.98.